The van der Waals surface area contributed by atoms with Gasteiger partial charge in [0.1, 0.15) is 0 Å². The van der Waals surface area contributed by atoms with Crippen LogP contribution in [0.25, 0.3) is 0 Å². The highest BCUT2D eigenvalue weighted by Crippen LogP contribution is 2.33. The van der Waals surface area contributed by atoms with Gasteiger partial charge in [-0.2, -0.15) is 0 Å². The Morgan fingerprint density at radius 3 is 2.67 bits per heavy atom. The fourth-order valence-corrected chi connectivity index (χ4v) is 2.21. The van der Waals surface area contributed by atoms with Crippen molar-refractivity contribution in [1.29, 1.82) is 0 Å². The third kappa shape index (κ3) is 3.94. The van der Waals surface area contributed by atoms with Crippen LogP contribution in [0.3, 0.4) is 0 Å². The lowest BCUT2D eigenvalue weighted by Gasteiger charge is -2.11. The molecular formula is C16H14ClN2O5-. The zero-order valence-corrected chi connectivity index (χ0v) is 13.7. The van der Waals surface area contributed by atoms with Gasteiger partial charge in [0.15, 0.2) is 11.5 Å². The summed E-state index contributed by atoms with van der Waals surface area (Å²) in [5.41, 5.74) is -0.0624. The van der Waals surface area contributed by atoms with Crippen LogP contribution < -0.4 is 14.6 Å². The van der Waals surface area contributed by atoms with Crippen LogP contribution in [0.15, 0.2) is 35.3 Å². The van der Waals surface area contributed by atoms with Crippen molar-refractivity contribution in [3.8, 4) is 17.2 Å². The number of nitro groups is 1. The van der Waals surface area contributed by atoms with Crippen LogP contribution >= 0.6 is 11.6 Å². The van der Waals surface area contributed by atoms with E-state index in [1.807, 2.05) is 6.92 Å². The van der Waals surface area contributed by atoms with Crippen molar-refractivity contribution in [2.75, 3.05) is 13.7 Å². The van der Waals surface area contributed by atoms with E-state index in [0.717, 1.165) is 6.07 Å². The van der Waals surface area contributed by atoms with Crippen LogP contribution in [0.1, 0.15) is 12.5 Å². The first-order valence-electron chi connectivity index (χ1n) is 6.96. The Hall–Kier alpha value is -2.80. The number of aliphatic imine (C=N–C) groups is 1. The van der Waals surface area contributed by atoms with Gasteiger partial charge in [0.2, 0.25) is 0 Å². The van der Waals surface area contributed by atoms with Crippen molar-refractivity contribution >= 4 is 29.2 Å². The highest BCUT2D eigenvalue weighted by atomic mass is 35.5. The van der Waals surface area contributed by atoms with Gasteiger partial charge in [0.05, 0.1) is 24.3 Å². The standard InChI is InChI=1S/C16H15ClN2O5/c1-3-24-14-5-4-12(8-15(14)23-2)18-9-10-6-11(17)7-13(16(10)20)19(21)22/h4-9,20H,3H2,1-2H3/p-1. The quantitative estimate of drug-likeness (QED) is 0.452. The molecule has 0 radical (unpaired) electrons. The van der Waals surface area contributed by atoms with Gasteiger partial charge in [-0.15, -0.1) is 0 Å². The summed E-state index contributed by atoms with van der Waals surface area (Å²) in [6.45, 7) is 2.35. The van der Waals surface area contributed by atoms with Crippen molar-refractivity contribution < 1.29 is 19.5 Å². The average Bonchev–Trinajstić information content (AvgIpc) is 2.56. The molecule has 0 aliphatic heterocycles. The van der Waals surface area contributed by atoms with Crippen molar-refractivity contribution in [3.05, 3.63) is 51.0 Å². The summed E-state index contributed by atoms with van der Waals surface area (Å²) in [5.74, 6) is 0.318. The number of rotatable bonds is 6. The maximum absolute atomic E-state index is 12.0. The zero-order valence-electron chi connectivity index (χ0n) is 13.0. The number of nitrogens with zero attached hydrogens (tertiary/aromatic N) is 2. The maximum Gasteiger partial charge on any atom is 0.263 e. The lowest BCUT2D eigenvalue weighted by atomic mass is 10.2. The van der Waals surface area contributed by atoms with Crippen molar-refractivity contribution in [3.63, 3.8) is 0 Å². The largest absolute Gasteiger partial charge is 0.867 e. The highest BCUT2D eigenvalue weighted by molar-refractivity contribution is 6.31. The zero-order chi connectivity index (χ0) is 17.7. The van der Waals surface area contributed by atoms with Gasteiger partial charge in [0, 0.05) is 23.4 Å². The summed E-state index contributed by atoms with van der Waals surface area (Å²) in [6.07, 6.45) is 1.23. The molecule has 0 heterocycles. The molecule has 0 aliphatic rings. The molecule has 7 nitrogen and oxygen atoms in total. The molecule has 0 unspecified atom stereocenters. The minimum absolute atomic E-state index is 0.0297. The van der Waals surface area contributed by atoms with E-state index in [9.17, 15) is 15.2 Å². The Balaban J connectivity index is 2.36. The summed E-state index contributed by atoms with van der Waals surface area (Å²) >= 11 is 5.81. The molecular weight excluding hydrogens is 336 g/mol. The lowest BCUT2D eigenvalue weighted by molar-refractivity contribution is -0.398. The number of halogens is 1. The summed E-state index contributed by atoms with van der Waals surface area (Å²) < 4.78 is 10.6. The molecule has 0 amide bonds. The summed E-state index contributed by atoms with van der Waals surface area (Å²) in [4.78, 5) is 14.2. The van der Waals surface area contributed by atoms with E-state index in [1.165, 1.54) is 19.4 Å². The second-order valence-electron chi connectivity index (χ2n) is 4.63. The molecule has 0 bridgehead atoms. The Morgan fingerprint density at radius 1 is 1.29 bits per heavy atom. The van der Waals surface area contributed by atoms with Gasteiger partial charge in [-0.3, -0.25) is 15.1 Å². The first-order valence-corrected chi connectivity index (χ1v) is 7.34. The van der Waals surface area contributed by atoms with Crippen molar-refractivity contribution in [2.24, 2.45) is 4.99 Å². The molecule has 2 aromatic carbocycles. The Morgan fingerprint density at radius 2 is 2.04 bits per heavy atom. The van der Waals surface area contributed by atoms with E-state index in [-0.39, 0.29) is 10.6 Å². The molecule has 0 saturated heterocycles. The molecule has 2 rings (SSSR count). The van der Waals surface area contributed by atoms with E-state index in [2.05, 4.69) is 4.99 Å². The second kappa shape index (κ2) is 7.65. The first-order chi connectivity index (χ1) is 11.5. The van der Waals surface area contributed by atoms with Gasteiger partial charge in [-0.05, 0) is 36.4 Å². The van der Waals surface area contributed by atoms with E-state index in [1.54, 1.807) is 18.2 Å². The number of nitro benzene ring substituents is 1. The van der Waals surface area contributed by atoms with Gasteiger partial charge in [-0.1, -0.05) is 11.6 Å². The number of hydrogen-bond acceptors (Lipinski definition) is 6. The highest BCUT2D eigenvalue weighted by Gasteiger charge is 2.11. The van der Waals surface area contributed by atoms with Crippen molar-refractivity contribution in [2.45, 2.75) is 6.92 Å². The van der Waals surface area contributed by atoms with Crippen LogP contribution in [0.2, 0.25) is 5.02 Å². The maximum atomic E-state index is 12.0. The van der Waals surface area contributed by atoms with Crippen LogP contribution in [0.4, 0.5) is 11.4 Å². The number of ether oxygens (including phenoxy) is 2. The molecule has 0 aromatic heterocycles. The SMILES string of the molecule is CCOc1ccc(N=Cc2cc(Cl)cc([N+](=O)[O-])c2[O-])cc1OC. The minimum atomic E-state index is -0.772. The van der Waals surface area contributed by atoms with E-state index in [0.29, 0.717) is 23.8 Å². The Bertz CT molecular complexity index is 792. The molecule has 8 heteroatoms. The second-order valence-corrected chi connectivity index (χ2v) is 5.06. The lowest BCUT2D eigenvalue weighted by Crippen LogP contribution is -2.02. The summed E-state index contributed by atoms with van der Waals surface area (Å²) in [7, 11) is 1.50. The van der Waals surface area contributed by atoms with Gasteiger partial charge >= 0.3 is 0 Å². The van der Waals surface area contributed by atoms with Gasteiger partial charge < -0.3 is 14.6 Å². The van der Waals surface area contributed by atoms with Crippen LogP contribution in [-0.2, 0) is 0 Å². The van der Waals surface area contributed by atoms with Gasteiger partial charge in [-0.25, -0.2) is 0 Å². The van der Waals surface area contributed by atoms with E-state index < -0.39 is 16.4 Å². The summed E-state index contributed by atoms with van der Waals surface area (Å²) in [5, 5.41) is 23.0. The van der Waals surface area contributed by atoms with Crippen molar-refractivity contribution in [1.82, 2.24) is 0 Å². The normalized spacial score (nSPS) is 10.8. The topological polar surface area (TPSA) is 97.0 Å². The van der Waals surface area contributed by atoms with Gasteiger partial charge in [0.25, 0.3) is 5.69 Å². The molecule has 24 heavy (non-hydrogen) atoms. The van der Waals surface area contributed by atoms with E-state index >= 15 is 0 Å². The molecule has 0 N–H and O–H groups in total. The third-order valence-corrected chi connectivity index (χ3v) is 3.28. The van der Waals surface area contributed by atoms with Crippen LogP contribution in [-0.4, -0.2) is 24.9 Å². The Labute approximate surface area is 143 Å². The molecule has 0 saturated carbocycles. The molecule has 0 fully saturated rings. The Kier molecular flexibility index (Phi) is 5.59. The number of hydrogen-bond donors (Lipinski definition) is 0. The number of benzene rings is 2. The summed E-state index contributed by atoms with van der Waals surface area (Å²) in [6, 6.07) is 7.33. The monoisotopic (exact) mass is 349 g/mol. The predicted octanol–water partition coefficient (Wildman–Crippen LogP) is 3.48. The number of methoxy groups -OCH3 is 1. The molecule has 126 valence electrons. The molecule has 0 atom stereocenters. The fourth-order valence-electron chi connectivity index (χ4n) is 1.99. The third-order valence-electron chi connectivity index (χ3n) is 3.06. The fraction of sp³-hybridized carbons (Fsp3) is 0.188. The van der Waals surface area contributed by atoms with Crippen LogP contribution in [0, 0.1) is 10.1 Å². The van der Waals surface area contributed by atoms with Crippen LogP contribution in [0.5, 0.6) is 17.2 Å². The molecule has 0 aliphatic carbocycles. The first kappa shape index (κ1) is 17.6. The minimum Gasteiger partial charge on any atom is -0.867 e. The van der Waals surface area contributed by atoms with E-state index in [4.69, 9.17) is 21.1 Å². The molecule has 2 aromatic rings. The molecule has 0 spiro atoms. The predicted molar refractivity (Wildman–Crippen MR) is 89.0 cm³/mol. The average molecular weight is 350 g/mol. The smallest absolute Gasteiger partial charge is 0.263 e.